The first-order valence-electron chi connectivity index (χ1n) is 14.2. The summed E-state index contributed by atoms with van der Waals surface area (Å²) in [6, 6.07) is 5.70. The minimum Gasteiger partial charge on any atom is -0.396 e. The highest BCUT2D eigenvalue weighted by atomic mass is 28.4. The second-order valence-electron chi connectivity index (χ2n) is 12.0. The zero-order valence-electron chi connectivity index (χ0n) is 24.2. The van der Waals surface area contributed by atoms with E-state index in [1.807, 2.05) is 25.1 Å². The Bertz CT molecular complexity index is 1160. The van der Waals surface area contributed by atoms with Crippen LogP contribution in [0.3, 0.4) is 0 Å². The summed E-state index contributed by atoms with van der Waals surface area (Å²) in [4.78, 5) is 30.6. The lowest BCUT2D eigenvalue weighted by Crippen LogP contribution is -2.48. The van der Waals surface area contributed by atoms with Crippen LogP contribution in [0.2, 0.25) is 18.6 Å². The molecule has 7 nitrogen and oxygen atoms in total. The average molecular weight is 558 g/mol. The molecule has 4 rings (SSSR count). The molecule has 3 aliphatic rings. The number of aliphatic hydroxyl groups is 1. The Labute approximate surface area is 233 Å². The number of hydrogen-bond acceptors (Lipinski definition) is 5. The summed E-state index contributed by atoms with van der Waals surface area (Å²) in [5, 5.41) is 12.9. The lowest BCUT2D eigenvalue weighted by atomic mass is 9.82. The molecule has 0 saturated carbocycles. The van der Waals surface area contributed by atoms with Crippen LogP contribution in [0.25, 0.3) is 0 Å². The van der Waals surface area contributed by atoms with Crippen molar-refractivity contribution in [2.45, 2.75) is 77.3 Å². The second kappa shape index (κ2) is 11.6. The first-order chi connectivity index (χ1) is 18.4. The molecule has 2 saturated heterocycles. The van der Waals surface area contributed by atoms with Gasteiger partial charge in [-0.25, -0.2) is 0 Å². The van der Waals surface area contributed by atoms with Crippen molar-refractivity contribution in [3.63, 3.8) is 0 Å². The number of nitrogens with one attached hydrogen (secondary N) is 1. The Morgan fingerprint density at radius 1 is 1.26 bits per heavy atom. The minimum atomic E-state index is -3.27. The van der Waals surface area contributed by atoms with Crippen LogP contribution < -0.4 is 15.1 Å². The Balaban J connectivity index is 1.77. The van der Waals surface area contributed by atoms with E-state index in [9.17, 15) is 14.7 Å². The van der Waals surface area contributed by atoms with Crippen molar-refractivity contribution in [1.82, 2.24) is 5.32 Å². The van der Waals surface area contributed by atoms with E-state index in [4.69, 9.17) is 4.74 Å². The van der Waals surface area contributed by atoms with Gasteiger partial charge >= 0.3 is 0 Å². The zero-order chi connectivity index (χ0) is 28.5. The monoisotopic (exact) mass is 557 g/mol. The van der Waals surface area contributed by atoms with E-state index < -0.39 is 31.6 Å². The lowest BCUT2D eigenvalue weighted by molar-refractivity contribution is -0.146. The van der Waals surface area contributed by atoms with Gasteiger partial charge in [-0.15, -0.1) is 0 Å². The number of fused-ring (bicyclic) bond motifs is 2. The summed E-state index contributed by atoms with van der Waals surface area (Å²) in [6.07, 6.45) is 5.87. The van der Waals surface area contributed by atoms with Gasteiger partial charge in [0.15, 0.2) is 5.60 Å². The van der Waals surface area contributed by atoms with Crippen molar-refractivity contribution in [2.24, 2.45) is 5.92 Å². The number of aliphatic hydroxyl groups excluding tert-OH is 1. The largest absolute Gasteiger partial charge is 0.396 e. The van der Waals surface area contributed by atoms with E-state index in [2.05, 4.69) is 38.2 Å². The number of carbonyl (C=O) groups excluding carboxylic acids is 2. The molecule has 214 valence electrons. The normalized spacial score (nSPS) is 27.5. The number of allylic oxidation sites excluding steroid dienone is 3. The average Bonchev–Trinajstić information content (AvgIpc) is 3.29. The third-order valence-corrected chi connectivity index (χ3v) is 10.9. The van der Waals surface area contributed by atoms with Gasteiger partial charge in [0.25, 0.3) is 5.91 Å². The summed E-state index contributed by atoms with van der Waals surface area (Å²) in [5.41, 5.74) is 2.83. The van der Waals surface area contributed by atoms with Crippen LogP contribution in [0.1, 0.15) is 52.5 Å². The number of anilines is 2. The Morgan fingerprint density at radius 2 is 2.00 bits per heavy atom. The number of hydrogen-bond donors (Lipinski definition) is 2. The maximum Gasteiger partial charge on any atom is 0.264 e. The van der Waals surface area contributed by atoms with E-state index in [1.54, 1.807) is 22.9 Å². The molecule has 1 aromatic carbocycles. The highest BCUT2D eigenvalue weighted by Crippen LogP contribution is 2.60. The number of benzene rings is 1. The van der Waals surface area contributed by atoms with Gasteiger partial charge in [-0.1, -0.05) is 30.2 Å². The molecule has 4 atom stereocenters. The summed E-state index contributed by atoms with van der Waals surface area (Å²) in [5.74, 6) is -0.639. The number of rotatable bonds is 9. The number of halogens is 1. The van der Waals surface area contributed by atoms with Crippen LogP contribution in [0, 0.1) is 5.92 Å². The molecule has 2 fully saturated rings. The third kappa shape index (κ3) is 5.64. The standard InChI is InChI=1S/C30H44FN3O4Si/c1-20(2)8-7-9-21(3)12-15-34-25-11-10-23(33-16-14-32-19-27(33)36)18-24(25)30(29(34)37)22(4)28(39(5,6)31)26(38-30)13-17-35/h8,10-12,18,22,26,28,32,35H,7,9,13-17,19H2,1-6H3/b21-12+/t22-,26+,28-,30+/m0/s1. The summed E-state index contributed by atoms with van der Waals surface area (Å²) >= 11 is 0. The van der Waals surface area contributed by atoms with Gasteiger partial charge in [0.05, 0.1) is 18.3 Å². The Kier molecular flexibility index (Phi) is 8.85. The van der Waals surface area contributed by atoms with Crippen LogP contribution in [0.15, 0.2) is 41.5 Å². The first kappa shape index (κ1) is 29.6. The number of ether oxygens (including phenoxy) is 1. The SMILES string of the molecule is CC(C)=CCC/C(C)=C/CN1C(=O)[C@]2(O[C@H](CCO)[C@@H]([Si](C)(C)F)[C@@H]2C)c2cc(N3CCNCC3=O)ccc21. The number of carbonyl (C=O) groups is 2. The molecular weight excluding hydrogens is 513 g/mol. The molecule has 0 bridgehead atoms. The summed E-state index contributed by atoms with van der Waals surface area (Å²) in [6.45, 7) is 13.2. The molecule has 2 amide bonds. The first-order valence-corrected chi connectivity index (χ1v) is 17.1. The molecular formula is C30H44FN3O4Si. The smallest absolute Gasteiger partial charge is 0.264 e. The molecule has 0 aliphatic carbocycles. The molecule has 0 unspecified atom stereocenters. The summed E-state index contributed by atoms with van der Waals surface area (Å²) < 4.78 is 22.4. The lowest BCUT2D eigenvalue weighted by Gasteiger charge is -2.32. The van der Waals surface area contributed by atoms with E-state index in [0.29, 0.717) is 25.2 Å². The van der Waals surface area contributed by atoms with Gasteiger partial charge in [0.2, 0.25) is 14.3 Å². The second-order valence-corrected chi connectivity index (χ2v) is 15.8. The molecule has 3 aliphatic heterocycles. The van der Waals surface area contributed by atoms with E-state index >= 15 is 4.11 Å². The van der Waals surface area contributed by atoms with E-state index in [-0.39, 0.29) is 31.4 Å². The van der Waals surface area contributed by atoms with Gasteiger partial charge in [-0.3, -0.25) is 9.59 Å². The van der Waals surface area contributed by atoms with Gasteiger partial charge in [-0.05, 0) is 71.3 Å². The van der Waals surface area contributed by atoms with Crippen molar-refractivity contribution in [2.75, 3.05) is 42.6 Å². The minimum absolute atomic E-state index is 0.0277. The number of nitrogens with zero attached hydrogens (tertiary/aromatic N) is 2. The molecule has 39 heavy (non-hydrogen) atoms. The van der Waals surface area contributed by atoms with Crippen molar-refractivity contribution in [3.8, 4) is 0 Å². The maximum atomic E-state index is 15.8. The molecule has 2 N–H and O–H groups in total. The third-order valence-electron chi connectivity index (χ3n) is 8.47. The van der Waals surface area contributed by atoms with E-state index in [1.165, 1.54) is 11.1 Å². The van der Waals surface area contributed by atoms with Gasteiger partial charge in [-0.2, -0.15) is 0 Å². The van der Waals surface area contributed by atoms with Gasteiger partial charge in [0, 0.05) is 49.0 Å². The van der Waals surface area contributed by atoms with Gasteiger partial charge in [0.1, 0.15) is 0 Å². The van der Waals surface area contributed by atoms with Crippen LogP contribution >= 0.6 is 0 Å². The molecule has 3 heterocycles. The topological polar surface area (TPSA) is 82.1 Å². The number of amides is 2. The highest BCUT2D eigenvalue weighted by Gasteiger charge is 2.66. The molecule has 1 aromatic rings. The quantitative estimate of drug-likeness (QED) is 0.259. The highest BCUT2D eigenvalue weighted by molar-refractivity contribution is 6.72. The Hall–Kier alpha value is -2.33. The van der Waals surface area contributed by atoms with Crippen LogP contribution in [0.4, 0.5) is 15.5 Å². The molecule has 0 radical (unpaired) electrons. The molecule has 9 heteroatoms. The van der Waals surface area contributed by atoms with Crippen molar-refractivity contribution in [3.05, 3.63) is 47.1 Å². The van der Waals surface area contributed by atoms with Crippen molar-refractivity contribution in [1.29, 1.82) is 0 Å². The predicted octanol–water partition coefficient (Wildman–Crippen LogP) is 4.82. The Morgan fingerprint density at radius 3 is 2.64 bits per heavy atom. The fourth-order valence-corrected chi connectivity index (χ4v) is 9.14. The number of piperazine rings is 1. The molecule has 0 aromatic heterocycles. The van der Waals surface area contributed by atoms with E-state index in [0.717, 1.165) is 24.2 Å². The fourth-order valence-electron chi connectivity index (χ4n) is 6.60. The maximum absolute atomic E-state index is 15.8. The fraction of sp³-hybridized carbons (Fsp3) is 0.600. The van der Waals surface area contributed by atoms with Crippen LogP contribution in [-0.2, 0) is 19.9 Å². The molecule has 1 spiro atoms. The van der Waals surface area contributed by atoms with Crippen molar-refractivity contribution >= 4 is 31.6 Å². The van der Waals surface area contributed by atoms with Crippen molar-refractivity contribution < 1.29 is 23.5 Å². The van der Waals surface area contributed by atoms with Crippen LogP contribution in [-0.4, -0.2) is 64.2 Å². The predicted molar refractivity (Wildman–Crippen MR) is 156 cm³/mol. The van der Waals surface area contributed by atoms with Gasteiger partial charge < -0.3 is 29.1 Å². The van der Waals surface area contributed by atoms with Crippen LogP contribution in [0.5, 0.6) is 0 Å². The zero-order valence-corrected chi connectivity index (χ0v) is 25.2. The summed E-state index contributed by atoms with van der Waals surface area (Å²) in [7, 11) is -3.27.